The minimum atomic E-state index is -0.505. The van der Waals surface area contributed by atoms with Crippen molar-refractivity contribution in [3.63, 3.8) is 0 Å². The molecule has 3 rings (SSSR count). The van der Waals surface area contributed by atoms with Crippen molar-refractivity contribution in [3.8, 4) is 0 Å². The van der Waals surface area contributed by atoms with Crippen LogP contribution in [0.1, 0.15) is 36.1 Å². The van der Waals surface area contributed by atoms with Gasteiger partial charge in [-0.1, -0.05) is 30.3 Å². The average Bonchev–Trinajstić information content (AvgIpc) is 2.63. The number of anilines is 1. The topological polar surface area (TPSA) is 92.6 Å². The Balaban J connectivity index is 1.84. The number of nitrogens with one attached hydrogen (secondary N) is 1. The second kappa shape index (κ2) is 7.41. The van der Waals surface area contributed by atoms with Gasteiger partial charge in [0.2, 0.25) is 11.8 Å². The van der Waals surface area contributed by atoms with E-state index in [1.54, 1.807) is 19.2 Å². The molecule has 0 aromatic heterocycles. The minimum Gasteiger partial charge on any atom is -0.326 e. The summed E-state index contributed by atoms with van der Waals surface area (Å²) in [6.45, 7) is 3.22. The Kier molecular flexibility index (Phi) is 5.03. The predicted octanol–water partition coefficient (Wildman–Crippen LogP) is 3.81. The van der Waals surface area contributed by atoms with Crippen molar-refractivity contribution in [2.75, 3.05) is 5.32 Å². The maximum atomic E-state index is 12.6. The summed E-state index contributed by atoms with van der Waals surface area (Å²) in [5, 5.41) is 13.7. The fourth-order valence-electron chi connectivity index (χ4n) is 3.15. The molecule has 1 N–H and O–H groups in total. The highest BCUT2D eigenvalue weighted by atomic mass is 16.6. The van der Waals surface area contributed by atoms with E-state index in [9.17, 15) is 19.7 Å². The van der Waals surface area contributed by atoms with Crippen LogP contribution in [-0.2, 0) is 9.59 Å². The van der Waals surface area contributed by atoms with Gasteiger partial charge < -0.3 is 10.2 Å². The van der Waals surface area contributed by atoms with Crippen molar-refractivity contribution in [1.29, 1.82) is 0 Å². The first-order chi connectivity index (χ1) is 12.9. The lowest BCUT2D eigenvalue weighted by molar-refractivity contribution is -0.384. The normalized spacial score (nSPS) is 15.2. The summed E-state index contributed by atoms with van der Waals surface area (Å²) in [5.41, 5.74) is 2.87. The first kappa shape index (κ1) is 18.3. The zero-order valence-corrected chi connectivity index (χ0v) is 15.0. The highest BCUT2D eigenvalue weighted by molar-refractivity contribution is 5.93. The van der Waals surface area contributed by atoms with Gasteiger partial charge in [-0.25, -0.2) is 0 Å². The molecule has 7 heteroatoms. The Morgan fingerprint density at radius 3 is 2.67 bits per heavy atom. The molecule has 1 aliphatic rings. The molecule has 0 fully saturated rings. The second-order valence-electron chi connectivity index (χ2n) is 6.40. The van der Waals surface area contributed by atoms with E-state index >= 15 is 0 Å². The maximum absolute atomic E-state index is 12.6. The number of nitro benzene ring substituents is 1. The second-order valence-corrected chi connectivity index (χ2v) is 6.40. The van der Waals surface area contributed by atoms with E-state index < -0.39 is 11.0 Å². The number of amides is 2. The summed E-state index contributed by atoms with van der Waals surface area (Å²) < 4.78 is 0. The molecular weight excluding hydrogens is 346 g/mol. The third-order valence-corrected chi connectivity index (χ3v) is 4.55. The van der Waals surface area contributed by atoms with Crippen LogP contribution in [0.15, 0.2) is 48.7 Å². The fraction of sp³-hybridized carbons (Fsp3) is 0.200. The van der Waals surface area contributed by atoms with Gasteiger partial charge >= 0.3 is 0 Å². The summed E-state index contributed by atoms with van der Waals surface area (Å²) in [7, 11) is 0. The number of hydrogen-bond acceptors (Lipinski definition) is 4. The van der Waals surface area contributed by atoms with Crippen molar-refractivity contribution in [2.24, 2.45) is 0 Å². The van der Waals surface area contributed by atoms with Crippen LogP contribution in [0.4, 0.5) is 11.4 Å². The van der Waals surface area contributed by atoms with Gasteiger partial charge in [0.05, 0.1) is 23.1 Å². The van der Waals surface area contributed by atoms with Crippen LogP contribution >= 0.6 is 0 Å². The Labute approximate surface area is 156 Å². The highest BCUT2D eigenvalue weighted by Crippen LogP contribution is 2.33. The van der Waals surface area contributed by atoms with Crippen molar-refractivity contribution in [3.05, 3.63) is 75.5 Å². The summed E-state index contributed by atoms with van der Waals surface area (Å²) >= 11 is 0. The first-order valence-corrected chi connectivity index (χ1v) is 8.47. The number of rotatable bonds is 4. The van der Waals surface area contributed by atoms with Crippen LogP contribution in [0.2, 0.25) is 0 Å². The molecule has 7 nitrogen and oxygen atoms in total. The predicted molar refractivity (Wildman–Crippen MR) is 102 cm³/mol. The standard InChI is InChI=1S/C20H19N3O4/c1-13-7-8-16(23(26)27)11-18(13)21-20(25)12-19-17-6-4-3-5-15(17)9-10-22(19)14(2)24/h3-11,19H,12H2,1-2H3,(H,21,25). The minimum absolute atomic E-state index is 0.0447. The molecule has 0 saturated carbocycles. The van der Waals surface area contributed by atoms with E-state index in [1.165, 1.54) is 24.0 Å². The number of benzene rings is 2. The molecule has 1 atom stereocenters. The summed E-state index contributed by atoms with van der Waals surface area (Å²) in [5.74, 6) is -0.481. The lowest BCUT2D eigenvalue weighted by atomic mass is 9.93. The van der Waals surface area contributed by atoms with Crippen LogP contribution in [0, 0.1) is 17.0 Å². The lowest BCUT2D eigenvalue weighted by Crippen LogP contribution is -2.33. The van der Waals surface area contributed by atoms with E-state index in [-0.39, 0.29) is 23.9 Å². The van der Waals surface area contributed by atoms with Crippen LogP contribution < -0.4 is 5.32 Å². The zero-order valence-electron chi connectivity index (χ0n) is 15.0. The number of carbonyl (C=O) groups excluding carboxylic acids is 2. The van der Waals surface area contributed by atoms with E-state index in [1.807, 2.05) is 30.3 Å². The van der Waals surface area contributed by atoms with Gasteiger partial charge in [-0.2, -0.15) is 0 Å². The fourth-order valence-corrected chi connectivity index (χ4v) is 3.15. The molecule has 2 amide bonds. The number of nitrogens with zero attached hydrogens (tertiary/aromatic N) is 2. The van der Waals surface area contributed by atoms with E-state index in [0.717, 1.165) is 16.7 Å². The van der Waals surface area contributed by atoms with Crippen LogP contribution in [-0.4, -0.2) is 21.6 Å². The lowest BCUT2D eigenvalue weighted by Gasteiger charge is -2.32. The molecule has 1 unspecified atom stereocenters. The van der Waals surface area contributed by atoms with Gasteiger partial charge in [0, 0.05) is 25.3 Å². The van der Waals surface area contributed by atoms with Gasteiger partial charge in [-0.3, -0.25) is 19.7 Å². The van der Waals surface area contributed by atoms with E-state index in [0.29, 0.717) is 5.69 Å². The largest absolute Gasteiger partial charge is 0.326 e. The Morgan fingerprint density at radius 1 is 1.22 bits per heavy atom. The molecule has 2 aromatic carbocycles. The molecule has 1 heterocycles. The number of hydrogen-bond donors (Lipinski definition) is 1. The molecule has 1 aliphatic heterocycles. The number of fused-ring (bicyclic) bond motifs is 1. The Morgan fingerprint density at radius 2 is 1.96 bits per heavy atom. The average molecular weight is 365 g/mol. The Hall–Kier alpha value is -3.48. The molecule has 0 radical (unpaired) electrons. The van der Waals surface area contributed by atoms with Gasteiger partial charge in [0.15, 0.2) is 0 Å². The highest BCUT2D eigenvalue weighted by Gasteiger charge is 2.28. The molecule has 0 bridgehead atoms. The van der Waals surface area contributed by atoms with Crippen molar-refractivity contribution in [2.45, 2.75) is 26.3 Å². The van der Waals surface area contributed by atoms with Crippen molar-refractivity contribution < 1.29 is 14.5 Å². The van der Waals surface area contributed by atoms with E-state index in [2.05, 4.69) is 5.32 Å². The third kappa shape index (κ3) is 3.87. The summed E-state index contributed by atoms with van der Waals surface area (Å²) in [6, 6.07) is 11.5. The van der Waals surface area contributed by atoms with Crippen molar-refractivity contribution >= 4 is 29.3 Å². The number of aryl methyl sites for hydroxylation is 1. The molecule has 27 heavy (non-hydrogen) atoms. The molecule has 0 saturated heterocycles. The molecule has 0 spiro atoms. The van der Waals surface area contributed by atoms with E-state index in [4.69, 9.17) is 0 Å². The third-order valence-electron chi connectivity index (χ3n) is 4.55. The SMILES string of the molecule is CC(=O)N1C=Cc2ccccc2C1CC(=O)Nc1cc([N+](=O)[O-])ccc1C. The molecule has 2 aromatic rings. The van der Waals surface area contributed by atoms with Gasteiger partial charge in [-0.05, 0) is 29.7 Å². The molecular formula is C20H19N3O4. The van der Waals surface area contributed by atoms with Crippen LogP contribution in [0.3, 0.4) is 0 Å². The van der Waals surface area contributed by atoms with Crippen LogP contribution in [0.25, 0.3) is 6.08 Å². The van der Waals surface area contributed by atoms with Crippen molar-refractivity contribution in [1.82, 2.24) is 4.90 Å². The smallest absolute Gasteiger partial charge is 0.271 e. The summed E-state index contributed by atoms with van der Waals surface area (Å²) in [4.78, 5) is 36.6. The number of nitro groups is 1. The van der Waals surface area contributed by atoms with Gasteiger partial charge in [-0.15, -0.1) is 0 Å². The zero-order chi connectivity index (χ0) is 19.6. The monoisotopic (exact) mass is 365 g/mol. The molecule has 0 aliphatic carbocycles. The maximum Gasteiger partial charge on any atom is 0.271 e. The van der Waals surface area contributed by atoms with Crippen LogP contribution in [0.5, 0.6) is 0 Å². The Bertz CT molecular complexity index is 952. The van der Waals surface area contributed by atoms with Gasteiger partial charge in [0.25, 0.3) is 5.69 Å². The first-order valence-electron chi connectivity index (χ1n) is 8.47. The number of carbonyl (C=O) groups is 2. The molecule has 138 valence electrons. The summed E-state index contributed by atoms with van der Waals surface area (Å²) in [6.07, 6.45) is 3.57. The van der Waals surface area contributed by atoms with Gasteiger partial charge in [0.1, 0.15) is 0 Å². The quantitative estimate of drug-likeness (QED) is 0.659. The number of non-ortho nitro benzene ring substituents is 1.